The molecule has 0 radical (unpaired) electrons. The number of nitrogens with zero attached hydrogens (tertiary/aromatic N) is 1. The van der Waals surface area contributed by atoms with Crippen LogP contribution in [0, 0.1) is 10.1 Å². The van der Waals surface area contributed by atoms with E-state index >= 15 is 0 Å². The lowest BCUT2D eigenvalue weighted by molar-refractivity contribution is -0.490. The van der Waals surface area contributed by atoms with Gasteiger partial charge in [0.2, 0.25) is 6.54 Å². The van der Waals surface area contributed by atoms with E-state index < -0.39 is 14.4 Å². The SMILES string of the molecule is CC[Si](CC)(CC)O[C@H](C[N+](=O)[O-])c1cccc(Cl)c1. The first-order chi connectivity index (χ1) is 9.46. The van der Waals surface area contributed by atoms with E-state index in [0.717, 1.165) is 23.7 Å². The van der Waals surface area contributed by atoms with E-state index in [1.165, 1.54) is 0 Å². The van der Waals surface area contributed by atoms with E-state index in [1.807, 2.05) is 6.07 Å². The molecule has 1 aromatic carbocycles. The molecule has 0 aliphatic carbocycles. The zero-order valence-electron chi connectivity index (χ0n) is 12.3. The summed E-state index contributed by atoms with van der Waals surface area (Å²) in [7, 11) is -1.90. The minimum absolute atomic E-state index is 0.213. The molecule has 0 unspecified atom stereocenters. The van der Waals surface area contributed by atoms with Crippen LogP contribution >= 0.6 is 11.6 Å². The maximum Gasteiger partial charge on any atom is 0.232 e. The minimum Gasteiger partial charge on any atom is -0.404 e. The van der Waals surface area contributed by atoms with E-state index in [-0.39, 0.29) is 11.5 Å². The quantitative estimate of drug-likeness (QED) is 0.397. The monoisotopic (exact) mass is 315 g/mol. The molecule has 0 amide bonds. The number of benzene rings is 1. The van der Waals surface area contributed by atoms with Crippen LogP contribution in [-0.2, 0) is 4.43 Å². The zero-order valence-corrected chi connectivity index (χ0v) is 14.0. The summed E-state index contributed by atoms with van der Waals surface area (Å²) in [5.41, 5.74) is 0.793. The fourth-order valence-corrected chi connectivity index (χ4v) is 5.37. The van der Waals surface area contributed by atoms with Crippen LogP contribution in [0.25, 0.3) is 0 Å². The van der Waals surface area contributed by atoms with E-state index in [0.29, 0.717) is 5.02 Å². The molecule has 4 nitrogen and oxygen atoms in total. The Morgan fingerprint density at radius 2 is 1.90 bits per heavy atom. The molecule has 0 saturated carbocycles. The van der Waals surface area contributed by atoms with Crippen LogP contribution in [0.3, 0.4) is 0 Å². The molecule has 0 aromatic heterocycles. The third kappa shape index (κ3) is 4.58. The van der Waals surface area contributed by atoms with Crippen molar-refractivity contribution in [3.8, 4) is 0 Å². The molecule has 1 rings (SSSR count). The smallest absolute Gasteiger partial charge is 0.232 e. The van der Waals surface area contributed by atoms with E-state index in [2.05, 4.69) is 20.8 Å². The van der Waals surface area contributed by atoms with Gasteiger partial charge in [0.15, 0.2) is 8.32 Å². The summed E-state index contributed by atoms with van der Waals surface area (Å²) in [4.78, 5) is 10.6. The fraction of sp³-hybridized carbons (Fsp3) is 0.571. The van der Waals surface area contributed by atoms with E-state index in [4.69, 9.17) is 16.0 Å². The third-order valence-electron chi connectivity index (χ3n) is 3.86. The van der Waals surface area contributed by atoms with Crippen LogP contribution in [0.2, 0.25) is 23.2 Å². The molecule has 112 valence electrons. The molecule has 6 heteroatoms. The average Bonchev–Trinajstić information content (AvgIpc) is 2.43. The third-order valence-corrected chi connectivity index (χ3v) is 8.75. The molecule has 0 heterocycles. The molecule has 0 spiro atoms. The second kappa shape index (κ2) is 7.76. The first-order valence-electron chi connectivity index (χ1n) is 7.01. The Hall–Kier alpha value is -0.913. The van der Waals surface area contributed by atoms with Crippen LogP contribution in [-0.4, -0.2) is 19.8 Å². The van der Waals surface area contributed by atoms with Crippen molar-refractivity contribution in [3.63, 3.8) is 0 Å². The lowest BCUT2D eigenvalue weighted by Gasteiger charge is -2.32. The molecule has 0 fully saturated rings. The van der Waals surface area contributed by atoms with Crippen LogP contribution in [0.5, 0.6) is 0 Å². The molecule has 1 atom stereocenters. The normalized spacial score (nSPS) is 13.2. The predicted octanol–water partition coefficient (Wildman–Crippen LogP) is 4.68. The summed E-state index contributed by atoms with van der Waals surface area (Å²) in [5, 5.41) is 11.5. The summed E-state index contributed by atoms with van der Waals surface area (Å²) in [6.07, 6.45) is -0.504. The van der Waals surface area contributed by atoms with Gasteiger partial charge in [0.1, 0.15) is 6.10 Å². The second-order valence-corrected chi connectivity index (χ2v) is 10.1. The van der Waals surface area contributed by atoms with Gasteiger partial charge in [0.25, 0.3) is 0 Å². The highest BCUT2D eigenvalue weighted by molar-refractivity contribution is 6.73. The summed E-state index contributed by atoms with van der Waals surface area (Å²) in [6, 6.07) is 10.1. The Labute approximate surface area is 126 Å². The lowest BCUT2D eigenvalue weighted by atomic mass is 10.1. The van der Waals surface area contributed by atoms with Gasteiger partial charge in [-0.2, -0.15) is 0 Å². The van der Waals surface area contributed by atoms with Crippen molar-refractivity contribution in [2.45, 2.75) is 45.0 Å². The van der Waals surface area contributed by atoms with Crippen molar-refractivity contribution < 1.29 is 9.35 Å². The van der Waals surface area contributed by atoms with Gasteiger partial charge in [0.05, 0.1) is 0 Å². The number of hydrogen-bond acceptors (Lipinski definition) is 3. The summed E-state index contributed by atoms with van der Waals surface area (Å²) in [6.45, 7) is 6.12. The van der Waals surface area contributed by atoms with Crippen molar-refractivity contribution in [1.82, 2.24) is 0 Å². The Bertz CT molecular complexity index is 444. The molecule has 0 saturated heterocycles. The van der Waals surface area contributed by atoms with Crippen LogP contribution < -0.4 is 0 Å². The van der Waals surface area contributed by atoms with E-state index in [1.54, 1.807) is 18.2 Å². The van der Waals surface area contributed by atoms with Crippen LogP contribution in [0.4, 0.5) is 0 Å². The number of nitro groups is 1. The maximum absolute atomic E-state index is 10.9. The van der Waals surface area contributed by atoms with Crippen molar-refractivity contribution in [2.24, 2.45) is 0 Å². The van der Waals surface area contributed by atoms with Gasteiger partial charge in [-0.25, -0.2) is 0 Å². The molecule has 0 bridgehead atoms. The van der Waals surface area contributed by atoms with Gasteiger partial charge in [-0.3, -0.25) is 10.1 Å². The highest BCUT2D eigenvalue weighted by Gasteiger charge is 2.34. The number of hydrogen-bond donors (Lipinski definition) is 0. The summed E-state index contributed by atoms with van der Waals surface area (Å²) >= 11 is 5.98. The molecular formula is C14H22ClNO3Si. The Morgan fingerprint density at radius 3 is 2.35 bits per heavy atom. The minimum atomic E-state index is -1.90. The van der Waals surface area contributed by atoms with Gasteiger partial charge in [-0.05, 0) is 35.8 Å². The predicted molar refractivity (Wildman–Crippen MR) is 84.3 cm³/mol. The Kier molecular flexibility index (Phi) is 6.65. The number of rotatable bonds is 8. The van der Waals surface area contributed by atoms with Crippen LogP contribution in [0.1, 0.15) is 32.4 Å². The number of halogens is 1. The van der Waals surface area contributed by atoms with Gasteiger partial charge in [-0.15, -0.1) is 0 Å². The first-order valence-corrected chi connectivity index (χ1v) is 9.92. The topological polar surface area (TPSA) is 52.4 Å². The first kappa shape index (κ1) is 17.1. The van der Waals surface area contributed by atoms with Crippen LogP contribution in [0.15, 0.2) is 24.3 Å². The van der Waals surface area contributed by atoms with Gasteiger partial charge >= 0.3 is 0 Å². The second-order valence-electron chi connectivity index (χ2n) is 4.92. The molecule has 1 aromatic rings. The van der Waals surface area contributed by atoms with Crippen molar-refractivity contribution in [2.75, 3.05) is 6.54 Å². The fourth-order valence-electron chi connectivity index (χ4n) is 2.35. The van der Waals surface area contributed by atoms with Crippen molar-refractivity contribution >= 4 is 19.9 Å². The van der Waals surface area contributed by atoms with Crippen molar-refractivity contribution in [3.05, 3.63) is 45.0 Å². The highest BCUT2D eigenvalue weighted by atomic mass is 35.5. The maximum atomic E-state index is 10.9. The summed E-state index contributed by atoms with van der Waals surface area (Å²) in [5.74, 6) is 0. The van der Waals surface area contributed by atoms with Gasteiger partial charge in [0, 0.05) is 9.95 Å². The Morgan fingerprint density at radius 1 is 1.30 bits per heavy atom. The lowest BCUT2D eigenvalue weighted by Crippen LogP contribution is -2.38. The van der Waals surface area contributed by atoms with E-state index in [9.17, 15) is 10.1 Å². The highest BCUT2D eigenvalue weighted by Crippen LogP contribution is 2.30. The Balaban J connectivity index is 3.03. The zero-order chi connectivity index (χ0) is 15.2. The molecule has 0 aliphatic heterocycles. The molecule has 0 N–H and O–H groups in total. The van der Waals surface area contributed by atoms with Gasteiger partial charge in [-0.1, -0.05) is 44.5 Å². The largest absolute Gasteiger partial charge is 0.404 e. The van der Waals surface area contributed by atoms with Gasteiger partial charge < -0.3 is 4.43 Å². The molecule has 20 heavy (non-hydrogen) atoms. The molecular weight excluding hydrogens is 294 g/mol. The standard InChI is InChI=1S/C14H22ClNO3Si/c1-4-20(5-2,6-3)19-14(11-16(17)18)12-8-7-9-13(15)10-12/h7-10,14H,4-6,11H2,1-3H3/t14-/m1/s1. The molecule has 0 aliphatic rings. The van der Waals surface area contributed by atoms with Crippen molar-refractivity contribution in [1.29, 1.82) is 0 Å². The summed E-state index contributed by atoms with van der Waals surface area (Å²) < 4.78 is 6.28. The average molecular weight is 316 g/mol.